The number of para-hydroxylation sites is 1. The zero-order chi connectivity index (χ0) is 18.8. The highest BCUT2D eigenvalue weighted by Gasteiger charge is 2.30. The lowest BCUT2D eigenvalue weighted by molar-refractivity contribution is 0.0794. The zero-order valence-electron chi connectivity index (χ0n) is 15.0. The van der Waals surface area contributed by atoms with Crippen molar-refractivity contribution in [3.8, 4) is 0 Å². The zero-order valence-corrected chi connectivity index (χ0v) is 15.0. The van der Waals surface area contributed by atoms with Crippen molar-refractivity contribution in [2.75, 3.05) is 18.0 Å². The molecule has 0 unspecified atom stereocenters. The van der Waals surface area contributed by atoms with Crippen LogP contribution in [0, 0.1) is 6.92 Å². The fourth-order valence-corrected chi connectivity index (χ4v) is 3.52. The third-order valence-electron chi connectivity index (χ3n) is 4.86. The largest absolute Gasteiger partial charge is 0.389 e. The van der Waals surface area contributed by atoms with Crippen molar-refractivity contribution in [2.45, 2.75) is 25.5 Å². The first-order chi connectivity index (χ1) is 13.1. The minimum absolute atomic E-state index is 0.253. The number of hydrogen-bond acceptors (Lipinski definition) is 6. The summed E-state index contributed by atoms with van der Waals surface area (Å²) in [6, 6.07) is 9.74. The predicted molar refractivity (Wildman–Crippen MR) is 103 cm³/mol. The second-order valence-electron chi connectivity index (χ2n) is 6.77. The fourth-order valence-electron chi connectivity index (χ4n) is 3.52. The van der Waals surface area contributed by atoms with Crippen LogP contribution in [0.1, 0.15) is 22.6 Å². The van der Waals surface area contributed by atoms with Gasteiger partial charge in [-0.05, 0) is 25.5 Å². The molecule has 1 saturated heterocycles. The molecular formula is C20H21N5O2. The number of hydrogen-bond donors (Lipinski definition) is 2. The van der Waals surface area contributed by atoms with E-state index < -0.39 is 6.10 Å². The van der Waals surface area contributed by atoms with Gasteiger partial charge in [-0.25, -0.2) is 4.98 Å². The number of piperidine rings is 1. The van der Waals surface area contributed by atoms with Crippen LogP contribution in [0.15, 0.2) is 48.9 Å². The quantitative estimate of drug-likeness (QED) is 0.736. The maximum atomic E-state index is 12.3. The summed E-state index contributed by atoms with van der Waals surface area (Å²) < 4.78 is 0. The number of fused-ring (bicyclic) bond motifs is 1. The number of carbonyl (C=O) groups excluding carboxylic acids is 1. The topological polar surface area (TPSA) is 91.2 Å². The van der Waals surface area contributed by atoms with Crippen LogP contribution in [0.3, 0.4) is 0 Å². The number of benzene rings is 1. The SMILES string of the molecule is Cc1cc(N2CC[C@@H](NC(=O)c3cnccn3)[C@H](O)C2)c2ccccc2n1. The predicted octanol–water partition coefficient (Wildman–Crippen LogP) is 1.70. The molecule has 1 aliphatic rings. The summed E-state index contributed by atoms with van der Waals surface area (Å²) in [6.45, 7) is 3.15. The Hall–Kier alpha value is -3.06. The van der Waals surface area contributed by atoms with E-state index in [1.807, 2.05) is 37.3 Å². The van der Waals surface area contributed by atoms with Crippen molar-refractivity contribution >= 4 is 22.5 Å². The Balaban J connectivity index is 1.50. The van der Waals surface area contributed by atoms with Crippen LogP contribution in [0.5, 0.6) is 0 Å². The molecule has 7 heteroatoms. The van der Waals surface area contributed by atoms with Crippen LogP contribution >= 0.6 is 0 Å². The maximum absolute atomic E-state index is 12.3. The van der Waals surface area contributed by atoms with Gasteiger partial charge >= 0.3 is 0 Å². The molecule has 4 rings (SSSR count). The van der Waals surface area contributed by atoms with E-state index in [0.29, 0.717) is 13.0 Å². The highest BCUT2D eigenvalue weighted by atomic mass is 16.3. The van der Waals surface area contributed by atoms with Crippen molar-refractivity contribution in [3.63, 3.8) is 0 Å². The van der Waals surface area contributed by atoms with Gasteiger partial charge in [-0.15, -0.1) is 0 Å². The monoisotopic (exact) mass is 363 g/mol. The molecule has 0 saturated carbocycles. The summed E-state index contributed by atoms with van der Waals surface area (Å²) in [6.07, 6.45) is 4.38. The van der Waals surface area contributed by atoms with Crippen LogP contribution in [-0.2, 0) is 0 Å². The molecule has 138 valence electrons. The molecule has 2 aromatic heterocycles. The Morgan fingerprint density at radius 1 is 1.30 bits per heavy atom. The van der Waals surface area contributed by atoms with Gasteiger partial charge in [0.15, 0.2) is 0 Å². The van der Waals surface area contributed by atoms with Gasteiger partial charge in [0, 0.05) is 42.3 Å². The Bertz CT molecular complexity index is 963. The Kier molecular flexibility index (Phi) is 4.68. The molecule has 1 aromatic carbocycles. The van der Waals surface area contributed by atoms with Gasteiger partial charge < -0.3 is 15.3 Å². The number of nitrogens with zero attached hydrogens (tertiary/aromatic N) is 4. The third kappa shape index (κ3) is 3.59. The van der Waals surface area contributed by atoms with Crippen LogP contribution in [0.25, 0.3) is 10.9 Å². The van der Waals surface area contributed by atoms with E-state index >= 15 is 0 Å². The van der Waals surface area contributed by atoms with E-state index in [1.165, 1.54) is 18.6 Å². The molecule has 1 aliphatic heterocycles. The van der Waals surface area contributed by atoms with Crippen molar-refractivity contribution in [1.29, 1.82) is 0 Å². The number of amides is 1. The standard InChI is InChI=1S/C20H21N5O2/c1-13-10-18(14-4-2-3-5-15(14)23-13)25-9-6-16(19(26)12-25)24-20(27)17-11-21-7-8-22-17/h2-5,7-8,10-11,16,19,26H,6,9,12H2,1H3,(H,24,27)/t16-,19-/m1/s1. The van der Waals surface area contributed by atoms with Crippen molar-refractivity contribution < 1.29 is 9.90 Å². The molecule has 3 heterocycles. The molecule has 0 aliphatic carbocycles. The van der Waals surface area contributed by atoms with Gasteiger partial charge in [-0.2, -0.15) is 0 Å². The summed E-state index contributed by atoms with van der Waals surface area (Å²) in [7, 11) is 0. The number of carbonyl (C=O) groups is 1. The van der Waals surface area contributed by atoms with E-state index in [4.69, 9.17) is 0 Å². The van der Waals surface area contributed by atoms with Crippen LogP contribution in [-0.4, -0.2) is 51.2 Å². The van der Waals surface area contributed by atoms with Crippen LogP contribution in [0.4, 0.5) is 5.69 Å². The summed E-state index contributed by atoms with van der Waals surface area (Å²) in [5.41, 5.74) is 3.20. The average Bonchev–Trinajstić information content (AvgIpc) is 2.69. The minimum atomic E-state index is -0.674. The molecule has 0 radical (unpaired) electrons. The minimum Gasteiger partial charge on any atom is -0.389 e. The number of anilines is 1. The lowest BCUT2D eigenvalue weighted by atomic mass is 10.00. The second-order valence-corrected chi connectivity index (χ2v) is 6.77. The van der Waals surface area contributed by atoms with E-state index in [0.717, 1.165) is 28.8 Å². The lowest BCUT2D eigenvalue weighted by Gasteiger charge is -2.38. The smallest absolute Gasteiger partial charge is 0.271 e. The second kappa shape index (κ2) is 7.28. The van der Waals surface area contributed by atoms with Crippen molar-refractivity contribution in [3.05, 3.63) is 60.3 Å². The number of pyridine rings is 1. The molecule has 1 amide bonds. The highest BCUT2D eigenvalue weighted by molar-refractivity contribution is 5.93. The first-order valence-corrected chi connectivity index (χ1v) is 8.98. The summed E-state index contributed by atoms with van der Waals surface area (Å²) in [5, 5.41) is 14.6. The van der Waals surface area contributed by atoms with E-state index in [2.05, 4.69) is 25.2 Å². The molecular weight excluding hydrogens is 342 g/mol. The Morgan fingerprint density at radius 3 is 2.93 bits per heavy atom. The number of aliphatic hydroxyl groups excluding tert-OH is 1. The number of β-amino-alcohol motifs (C(OH)–C–C–N with tert-alkyl or cyclic N) is 1. The summed E-state index contributed by atoms with van der Waals surface area (Å²) >= 11 is 0. The number of nitrogens with one attached hydrogen (secondary N) is 1. The maximum Gasteiger partial charge on any atom is 0.271 e. The molecule has 2 atom stereocenters. The van der Waals surface area contributed by atoms with Gasteiger partial charge in [0.1, 0.15) is 5.69 Å². The Morgan fingerprint density at radius 2 is 2.15 bits per heavy atom. The first-order valence-electron chi connectivity index (χ1n) is 8.98. The van der Waals surface area contributed by atoms with Crippen LogP contribution < -0.4 is 10.2 Å². The summed E-state index contributed by atoms with van der Waals surface area (Å²) in [4.78, 5) is 26.9. The molecule has 0 bridgehead atoms. The van der Waals surface area contributed by atoms with E-state index in [-0.39, 0.29) is 17.6 Å². The van der Waals surface area contributed by atoms with E-state index in [1.54, 1.807) is 0 Å². The lowest BCUT2D eigenvalue weighted by Crippen LogP contribution is -2.54. The molecule has 1 fully saturated rings. The molecule has 7 nitrogen and oxygen atoms in total. The van der Waals surface area contributed by atoms with Gasteiger partial charge in [0.2, 0.25) is 0 Å². The third-order valence-corrected chi connectivity index (χ3v) is 4.86. The van der Waals surface area contributed by atoms with Gasteiger partial charge in [0.05, 0.1) is 23.9 Å². The molecule has 3 aromatic rings. The van der Waals surface area contributed by atoms with Crippen molar-refractivity contribution in [2.24, 2.45) is 0 Å². The van der Waals surface area contributed by atoms with E-state index in [9.17, 15) is 9.90 Å². The molecule has 27 heavy (non-hydrogen) atoms. The molecule has 2 N–H and O–H groups in total. The Labute approximate surface area is 157 Å². The summed E-state index contributed by atoms with van der Waals surface area (Å²) in [5.74, 6) is -0.314. The average molecular weight is 363 g/mol. The van der Waals surface area contributed by atoms with Gasteiger partial charge in [0.25, 0.3) is 5.91 Å². The van der Waals surface area contributed by atoms with Gasteiger partial charge in [-0.1, -0.05) is 18.2 Å². The fraction of sp³-hybridized carbons (Fsp3) is 0.300. The number of aliphatic hydroxyl groups is 1. The highest BCUT2D eigenvalue weighted by Crippen LogP contribution is 2.29. The number of rotatable bonds is 3. The molecule has 0 spiro atoms. The normalized spacial score (nSPS) is 19.9. The van der Waals surface area contributed by atoms with Crippen LogP contribution in [0.2, 0.25) is 0 Å². The first kappa shape index (κ1) is 17.4. The van der Waals surface area contributed by atoms with Gasteiger partial charge in [-0.3, -0.25) is 14.8 Å². The number of aryl methyl sites for hydroxylation is 1. The van der Waals surface area contributed by atoms with Crippen molar-refractivity contribution in [1.82, 2.24) is 20.3 Å². The number of aromatic nitrogens is 3.